The zero-order chi connectivity index (χ0) is 10.5. The third-order valence-corrected chi connectivity index (χ3v) is 4.00. The summed E-state index contributed by atoms with van der Waals surface area (Å²) < 4.78 is 0. The molecule has 0 aromatic heterocycles. The monoisotopic (exact) mass is 210 g/mol. The summed E-state index contributed by atoms with van der Waals surface area (Å²) >= 11 is 0. The molecule has 0 amide bonds. The first kappa shape index (κ1) is 11.4. The van der Waals surface area contributed by atoms with Crippen LogP contribution in [0.2, 0.25) is 0 Å². The Kier molecular flexibility index (Phi) is 4.45. The molecule has 2 rings (SSSR count). The molecule has 88 valence electrons. The molecule has 0 aromatic rings. The molecule has 1 aliphatic carbocycles. The van der Waals surface area contributed by atoms with Gasteiger partial charge in [-0.05, 0) is 51.7 Å². The molecule has 15 heavy (non-hydrogen) atoms. The topological polar surface area (TPSA) is 15.3 Å². The highest BCUT2D eigenvalue weighted by Crippen LogP contribution is 2.28. The molecular formula is C13H26N2. The highest BCUT2D eigenvalue weighted by atomic mass is 15.2. The number of nitrogens with zero attached hydrogens (tertiary/aromatic N) is 1. The lowest BCUT2D eigenvalue weighted by Gasteiger charge is -2.27. The lowest BCUT2D eigenvalue weighted by atomic mass is 9.83. The van der Waals surface area contributed by atoms with E-state index >= 15 is 0 Å². The zero-order valence-corrected chi connectivity index (χ0v) is 10.2. The van der Waals surface area contributed by atoms with E-state index in [1.165, 1.54) is 64.7 Å². The summed E-state index contributed by atoms with van der Waals surface area (Å²) in [5.74, 6) is 1.05. The van der Waals surface area contributed by atoms with Crippen LogP contribution in [0, 0.1) is 5.92 Å². The van der Waals surface area contributed by atoms with Crippen LogP contribution in [0.4, 0.5) is 0 Å². The van der Waals surface area contributed by atoms with Gasteiger partial charge < -0.3 is 10.2 Å². The van der Waals surface area contributed by atoms with E-state index in [1.807, 2.05) is 0 Å². The maximum absolute atomic E-state index is 3.67. The van der Waals surface area contributed by atoms with Crippen LogP contribution in [0.25, 0.3) is 0 Å². The Morgan fingerprint density at radius 2 is 1.93 bits per heavy atom. The zero-order valence-electron chi connectivity index (χ0n) is 10.2. The van der Waals surface area contributed by atoms with Crippen molar-refractivity contribution >= 4 is 0 Å². The second-order valence-electron chi connectivity index (χ2n) is 5.45. The molecule has 2 heteroatoms. The van der Waals surface area contributed by atoms with E-state index in [0.29, 0.717) is 6.04 Å². The molecule has 1 saturated heterocycles. The van der Waals surface area contributed by atoms with Crippen molar-refractivity contribution in [2.24, 2.45) is 5.92 Å². The largest absolute Gasteiger partial charge is 0.313 e. The van der Waals surface area contributed by atoms with Crippen molar-refractivity contribution in [3.63, 3.8) is 0 Å². The smallest absolute Gasteiger partial charge is 0.0166 e. The molecule has 0 bridgehead atoms. The summed E-state index contributed by atoms with van der Waals surface area (Å²) in [7, 11) is 0. The van der Waals surface area contributed by atoms with Gasteiger partial charge in [0.2, 0.25) is 0 Å². The number of hydrogen-bond acceptors (Lipinski definition) is 2. The first-order valence-electron chi connectivity index (χ1n) is 6.80. The van der Waals surface area contributed by atoms with E-state index in [1.54, 1.807) is 0 Å². The molecule has 1 unspecified atom stereocenters. The quantitative estimate of drug-likeness (QED) is 0.723. The van der Waals surface area contributed by atoms with Crippen molar-refractivity contribution in [1.82, 2.24) is 10.2 Å². The maximum Gasteiger partial charge on any atom is 0.0166 e. The molecule has 2 fully saturated rings. The normalized spacial score (nSPS) is 25.4. The van der Waals surface area contributed by atoms with Crippen LogP contribution in [-0.4, -0.2) is 37.1 Å². The van der Waals surface area contributed by atoms with E-state index in [0.717, 1.165) is 5.92 Å². The molecule has 2 nitrogen and oxygen atoms in total. The van der Waals surface area contributed by atoms with Gasteiger partial charge in [0.25, 0.3) is 0 Å². The average molecular weight is 210 g/mol. The Hall–Kier alpha value is -0.0800. The summed E-state index contributed by atoms with van der Waals surface area (Å²) in [6.45, 7) is 7.48. The molecular weight excluding hydrogens is 184 g/mol. The highest BCUT2D eigenvalue weighted by molar-refractivity contribution is 4.74. The van der Waals surface area contributed by atoms with Crippen molar-refractivity contribution in [2.45, 2.75) is 51.5 Å². The first-order valence-corrected chi connectivity index (χ1v) is 6.80. The number of rotatable bonds is 6. The summed E-state index contributed by atoms with van der Waals surface area (Å²) in [6, 6.07) is 0.683. The fourth-order valence-corrected chi connectivity index (χ4v) is 2.73. The van der Waals surface area contributed by atoms with Gasteiger partial charge >= 0.3 is 0 Å². The van der Waals surface area contributed by atoms with E-state index in [-0.39, 0.29) is 0 Å². The molecule has 1 heterocycles. The van der Waals surface area contributed by atoms with Gasteiger partial charge in [-0.15, -0.1) is 0 Å². The van der Waals surface area contributed by atoms with Gasteiger partial charge in [-0.25, -0.2) is 0 Å². The Labute approximate surface area is 94.4 Å². The standard InChI is InChI=1S/C13H26N2/c1-12(11-15-9-2-3-10-15)14-8-7-13-5-4-6-13/h12-14H,2-11H2,1H3. The van der Waals surface area contributed by atoms with Crippen molar-refractivity contribution in [2.75, 3.05) is 26.2 Å². The second kappa shape index (κ2) is 5.86. The minimum absolute atomic E-state index is 0.683. The Bertz CT molecular complexity index is 171. The summed E-state index contributed by atoms with van der Waals surface area (Å²) in [6.07, 6.45) is 8.69. The fraction of sp³-hybridized carbons (Fsp3) is 1.00. The molecule has 1 aliphatic heterocycles. The molecule has 1 saturated carbocycles. The van der Waals surface area contributed by atoms with Crippen molar-refractivity contribution in [1.29, 1.82) is 0 Å². The molecule has 0 spiro atoms. The van der Waals surface area contributed by atoms with Crippen LogP contribution in [0.1, 0.15) is 45.4 Å². The average Bonchev–Trinajstić information content (AvgIpc) is 2.62. The van der Waals surface area contributed by atoms with Gasteiger partial charge in [0.15, 0.2) is 0 Å². The van der Waals surface area contributed by atoms with E-state index < -0.39 is 0 Å². The van der Waals surface area contributed by atoms with Gasteiger partial charge in [-0.2, -0.15) is 0 Å². The number of likely N-dealkylation sites (tertiary alicyclic amines) is 1. The van der Waals surface area contributed by atoms with Crippen molar-refractivity contribution < 1.29 is 0 Å². The maximum atomic E-state index is 3.67. The Balaban J connectivity index is 1.49. The third kappa shape index (κ3) is 3.76. The Morgan fingerprint density at radius 3 is 2.53 bits per heavy atom. The fourth-order valence-electron chi connectivity index (χ4n) is 2.73. The van der Waals surface area contributed by atoms with Gasteiger partial charge in [0, 0.05) is 12.6 Å². The van der Waals surface area contributed by atoms with Crippen LogP contribution in [0.15, 0.2) is 0 Å². The van der Waals surface area contributed by atoms with Crippen LogP contribution in [-0.2, 0) is 0 Å². The predicted octanol–water partition coefficient (Wildman–Crippen LogP) is 2.25. The minimum Gasteiger partial charge on any atom is -0.313 e. The Morgan fingerprint density at radius 1 is 1.20 bits per heavy atom. The summed E-state index contributed by atoms with van der Waals surface area (Å²) in [5.41, 5.74) is 0. The lowest BCUT2D eigenvalue weighted by molar-refractivity contribution is 0.269. The van der Waals surface area contributed by atoms with Crippen LogP contribution in [0.3, 0.4) is 0 Å². The minimum atomic E-state index is 0.683. The molecule has 1 N–H and O–H groups in total. The van der Waals surface area contributed by atoms with Crippen LogP contribution < -0.4 is 5.32 Å². The third-order valence-electron chi connectivity index (χ3n) is 4.00. The van der Waals surface area contributed by atoms with E-state index in [9.17, 15) is 0 Å². The first-order chi connectivity index (χ1) is 7.34. The predicted molar refractivity (Wildman–Crippen MR) is 65.1 cm³/mol. The van der Waals surface area contributed by atoms with E-state index in [4.69, 9.17) is 0 Å². The molecule has 0 radical (unpaired) electrons. The van der Waals surface area contributed by atoms with Gasteiger partial charge in [0.05, 0.1) is 0 Å². The summed E-state index contributed by atoms with van der Waals surface area (Å²) in [5, 5.41) is 3.67. The SMILES string of the molecule is CC(CN1CCCC1)NCCC1CCC1. The van der Waals surface area contributed by atoms with Crippen LogP contribution >= 0.6 is 0 Å². The number of hydrogen-bond donors (Lipinski definition) is 1. The highest BCUT2D eigenvalue weighted by Gasteiger charge is 2.17. The van der Waals surface area contributed by atoms with Gasteiger partial charge in [-0.1, -0.05) is 19.3 Å². The van der Waals surface area contributed by atoms with Crippen molar-refractivity contribution in [3.8, 4) is 0 Å². The van der Waals surface area contributed by atoms with Crippen LogP contribution in [0.5, 0.6) is 0 Å². The molecule has 0 aromatic carbocycles. The lowest BCUT2D eigenvalue weighted by Crippen LogP contribution is -2.38. The molecule has 1 atom stereocenters. The summed E-state index contributed by atoms with van der Waals surface area (Å²) in [4.78, 5) is 2.60. The molecule has 2 aliphatic rings. The van der Waals surface area contributed by atoms with Crippen molar-refractivity contribution in [3.05, 3.63) is 0 Å². The van der Waals surface area contributed by atoms with Gasteiger partial charge in [0.1, 0.15) is 0 Å². The number of nitrogens with one attached hydrogen (secondary N) is 1. The van der Waals surface area contributed by atoms with Gasteiger partial charge in [-0.3, -0.25) is 0 Å². The van der Waals surface area contributed by atoms with E-state index in [2.05, 4.69) is 17.1 Å². The second-order valence-corrected chi connectivity index (χ2v) is 5.45.